The second-order valence-corrected chi connectivity index (χ2v) is 4.34. The quantitative estimate of drug-likeness (QED) is 0.569. The number of hydrogen-bond acceptors (Lipinski definition) is 4. The summed E-state index contributed by atoms with van der Waals surface area (Å²) in [4.78, 5) is 10.6. The van der Waals surface area contributed by atoms with Crippen molar-refractivity contribution in [1.29, 1.82) is 0 Å². The van der Waals surface area contributed by atoms with E-state index in [1.807, 2.05) is 0 Å². The van der Waals surface area contributed by atoms with E-state index in [2.05, 4.69) is 15.9 Å². The molecule has 1 rings (SSSR count). The molecule has 0 radical (unpaired) electrons. The highest BCUT2D eigenvalue weighted by Crippen LogP contribution is 2.27. The zero-order valence-electron chi connectivity index (χ0n) is 8.81. The third-order valence-corrected chi connectivity index (χ3v) is 2.81. The molecule has 4 nitrogen and oxygen atoms in total. The Morgan fingerprint density at radius 1 is 1.41 bits per heavy atom. The van der Waals surface area contributed by atoms with Crippen LogP contribution in [0.15, 0.2) is 12.1 Å². The molecule has 1 aromatic rings. The molecule has 0 amide bonds. The molecule has 0 saturated heterocycles. The van der Waals surface area contributed by atoms with Crippen molar-refractivity contribution in [2.24, 2.45) is 0 Å². The molecule has 0 fully saturated rings. The van der Waals surface area contributed by atoms with Crippen LogP contribution in [0.1, 0.15) is 28.4 Å². The number of aliphatic hydroxyl groups excluding tert-OH is 2. The smallest absolute Gasteiger partial charge is 0.165 e. The first kappa shape index (κ1) is 14.1. The van der Waals surface area contributed by atoms with Crippen LogP contribution in [-0.4, -0.2) is 33.0 Å². The van der Waals surface area contributed by atoms with Gasteiger partial charge in [-0.25, -0.2) is 4.39 Å². The molecule has 0 aliphatic carbocycles. The van der Waals surface area contributed by atoms with Gasteiger partial charge in [0.05, 0.1) is 11.7 Å². The Kier molecular flexibility index (Phi) is 5.04. The number of alkyl halides is 1. The lowest BCUT2D eigenvalue weighted by Gasteiger charge is -2.18. The van der Waals surface area contributed by atoms with Gasteiger partial charge in [0.25, 0.3) is 0 Å². The maximum Gasteiger partial charge on any atom is 0.165 e. The van der Waals surface area contributed by atoms with Gasteiger partial charge in [0.15, 0.2) is 17.9 Å². The van der Waals surface area contributed by atoms with Crippen LogP contribution < -0.4 is 0 Å². The first-order valence-electron chi connectivity index (χ1n) is 4.91. The van der Waals surface area contributed by atoms with E-state index >= 15 is 0 Å². The van der Waals surface area contributed by atoms with Crippen molar-refractivity contribution >= 4 is 22.2 Å². The van der Waals surface area contributed by atoms with Crippen molar-refractivity contribution in [3.05, 3.63) is 29.1 Å². The molecule has 0 aliphatic rings. The molecule has 2 unspecified atom stereocenters. The first-order valence-corrected chi connectivity index (χ1v) is 6.03. The van der Waals surface area contributed by atoms with Gasteiger partial charge in [-0.3, -0.25) is 4.79 Å². The number of aliphatic hydroxyl groups is 2. The highest BCUT2D eigenvalue weighted by atomic mass is 79.9. The van der Waals surface area contributed by atoms with Gasteiger partial charge in [-0.1, -0.05) is 15.9 Å². The summed E-state index contributed by atoms with van der Waals surface area (Å²) in [5, 5.41) is 28.9. The highest BCUT2D eigenvalue weighted by Gasteiger charge is 2.20. The molecule has 0 heterocycles. The summed E-state index contributed by atoms with van der Waals surface area (Å²) in [5.41, 5.74) is -0.207. The van der Waals surface area contributed by atoms with Crippen molar-refractivity contribution < 1.29 is 24.5 Å². The summed E-state index contributed by atoms with van der Waals surface area (Å²) in [6.07, 6.45) is -1.81. The summed E-state index contributed by atoms with van der Waals surface area (Å²) in [5.74, 6) is -1.76. The average molecular weight is 307 g/mol. The third-order valence-electron chi connectivity index (χ3n) is 2.35. The fourth-order valence-electron chi connectivity index (χ4n) is 1.39. The molecule has 0 spiro atoms. The Morgan fingerprint density at radius 3 is 2.59 bits per heavy atom. The molecule has 6 heteroatoms. The lowest BCUT2D eigenvalue weighted by Crippen LogP contribution is -2.19. The Morgan fingerprint density at radius 2 is 2.06 bits per heavy atom. The molecule has 0 bridgehead atoms. The van der Waals surface area contributed by atoms with Crippen LogP contribution in [-0.2, 0) is 0 Å². The monoisotopic (exact) mass is 306 g/mol. The van der Waals surface area contributed by atoms with E-state index in [-0.39, 0.29) is 23.8 Å². The first-order chi connectivity index (χ1) is 8.01. The summed E-state index contributed by atoms with van der Waals surface area (Å²) in [7, 11) is 0. The molecule has 0 aliphatic heterocycles. The van der Waals surface area contributed by atoms with E-state index in [0.29, 0.717) is 5.33 Å². The van der Waals surface area contributed by atoms with Crippen molar-refractivity contribution in [2.75, 3.05) is 5.33 Å². The van der Waals surface area contributed by atoms with Crippen LogP contribution in [0.4, 0.5) is 4.39 Å². The fourth-order valence-corrected chi connectivity index (χ4v) is 1.86. The van der Waals surface area contributed by atoms with Crippen LogP contribution in [0.5, 0.6) is 5.75 Å². The van der Waals surface area contributed by atoms with Crippen molar-refractivity contribution in [1.82, 2.24) is 0 Å². The molecule has 0 aromatic heterocycles. The molecule has 1 aromatic carbocycles. The molecule has 94 valence electrons. The van der Waals surface area contributed by atoms with E-state index in [4.69, 9.17) is 0 Å². The SMILES string of the molecule is O=Cc1cc(C(O)C(O)CCBr)cc(F)c1O. The number of phenols is 1. The predicted molar refractivity (Wildman–Crippen MR) is 62.8 cm³/mol. The number of phenolic OH excluding ortho intramolecular Hbond substituents is 1. The highest BCUT2D eigenvalue weighted by molar-refractivity contribution is 9.09. The van der Waals surface area contributed by atoms with E-state index in [1.54, 1.807) is 0 Å². The van der Waals surface area contributed by atoms with E-state index in [9.17, 15) is 24.5 Å². The third kappa shape index (κ3) is 3.24. The Bertz CT molecular complexity index is 411. The topological polar surface area (TPSA) is 77.8 Å². The lowest BCUT2D eigenvalue weighted by molar-refractivity contribution is 0.0171. The average Bonchev–Trinajstić information content (AvgIpc) is 2.31. The Hall–Kier alpha value is -0.980. The zero-order chi connectivity index (χ0) is 13.0. The summed E-state index contributed by atoms with van der Waals surface area (Å²) >= 11 is 3.10. The van der Waals surface area contributed by atoms with Gasteiger partial charge < -0.3 is 15.3 Å². The molecular formula is C11H12BrFO4. The number of aldehydes is 1. The number of aromatic hydroxyl groups is 1. The Labute approximate surface area is 106 Å². The maximum absolute atomic E-state index is 13.2. The second kappa shape index (κ2) is 6.09. The minimum atomic E-state index is -1.30. The second-order valence-electron chi connectivity index (χ2n) is 3.55. The number of carbonyl (C=O) groups excluding carboxylic acids is 1. The van der Waals surface area contributed by atoms with Crippen LogP contribution >= 0.6 is 15.9 Å². The van der Waals surface area contributed by atoms with Crippen LogP contribution in [0.25, 0.3) is 0 Å². The molecule has 17 heavy (non-hydrogen) atoms. The van der Waals surface area contributed by atoms with E-state index < -0.39 is 23.8 Å². The van der Waals surface area contributed by atoms with Gasteiger partial charge >= 0.3 is 0 Å². The summed E-state index contributed by atoms with van der Waals surface area (Å²) in [6.45, 7) is 0. The lowest BCUT2D eigenvalue weighted by atomic mass is 10.00. The van der Waals surface area contributed by atoms with Crippen molar-refractivity contribution in [3.63, 3.8) is 0 Å². The van der Waals surface area contributed by atoms with Crippen LogP contribution in [0.2, 0.25) is 0 Å². The Balaban J connectivity index is 3.06. The number of carbonyl (C=O) groups is 1. The van der Waals surface area contributed by atoms with Crippen LogP contribution in [0, 0.1) is 5.82 Å². The van der Waals surface area contributed by atoms with Gasteiger partial charge in [-0.05, 0) is 24.1 Å². The normalized spacial score (nSPS) is 14.4. The number of benzene rings is 1. The number of rotatable bonds is 5. The standard InChI is InChI=1S/C11H12BrFO4/c12-2-1-9(15)11(17)6-3-7(5-14)10(16)8(13)4-6/h3-5,9,11,15-17H,1-2H2. The predicted octanol–water partition coefficient (Wildman–Crippen LogP) is 1.52. The molecular weight excluding hydrogens is 295 g/mol. The van der Waals surface area contributed by atoms with Gasteiger partial charge in [-0.15, -0.1) is 0 Å². The number of hydrogen-bond donors (Lipinski definition) is 3. The van der Waals surface area contributed by atoms with Gasteiger partial charge in [0.2, 0.25) is 0 Å². The van der Waals surface area contributed by atoms with Gasteiger partial charge in [0.1, 0.15) is 6.10 Å². The van der Waals surface area contributed by atoms with E-state index in [1.165, 1.54) is 0 Å². The van der Waals surface area contributed by atoms with Crippen LogP contribution in [0.3, 0.4) is 0 Å². The largest absolute Gasteiger partial charge is 0.504 e. The maximum atomic E-state index is 13.2. The van der Waals surface area contributed by atoms with Crippen molar-refractivity contribution in [2.45, 2.75) is 18.6 Å². The minimum absolute atomic E-state index is 0.0517. The molecule has 0 saturated carbocycles. The van der Waals surface area contributed by atoms with Gasteiger partial charge in [-0.2, -0.15) is 0 Å². The zero-order valence-corrected chi connectivity index (χ0v) is 10.4. The number of halogens is 2. The van der Waals surface area contributed by atoms with Crippen molar-refractivity contribution in [3.8, 4) is 5.75 Å². The fraction of sp³-hybridized carbons (Fsp3) is 0.364. The molecule has 3 N–H and O–H groups in total. The van der Waals surface area contributed by atoms with Gasteiger partial charge in [0, 0.05) is 5.33 Å². The summed E-state index contributed by atoms with van der Waals surface area (Å²) in [6, 6.07) is 2.04. The van der Waals surface area contributed by atoms with E-state index in [0.717, 1.165) is 12.1 Å². The minimum Gasteiger partial charge on any atom is -0.504 e. The summed E-state index contributed by atoms with van der Waals surface area (Å²) < 4.78 is 13.2. The molecule has 2 atom stereocenters.